The van der Waals surface area contributed by atoms with E-state index in [2.05, 4.69) is 20.4 Å². The number of esters is 1. The number of nitrogens with zero attached hydrogens (tertiary/aromatic N) is 3. The van der Waals surface area contributed by atoms with Gasteiger partial charge in [-0.2, -0.15) is 0 Å². The van der Waals surface area contributed by atoms with E-state index in [4.69, 9.17) is 20.9 Å². The molecule has 0 atom stereocenters. The van der Waals surface area contributed by atoms with Crippen molar-refractivity contribution >= 4 is 40.4 Å². The number of aryl methyl sites for hydroxylation is 1. The van der Waals surface area contributed by atoms with Gasteiger partial charge >= 0.3 is 5.97 Å². The van der Waals surface area contributed by atoms with Gasteiger partial charge in [0.15, 0.2) is 6.61 Å². The van der Waals surface area contributed by atoms with Crippen LogP contribution in [0.1, 0.15) is 16.1 Å². The van der Waals surface area contributed by atoms with Crippen LogP contribution in [0.4, 0.5) is 5.82 Å². The Bertz CT molecular complexity index is 1220. The lowest BCUT2D eigenvalue weighted by molar-refractivity contribution is -0.119. The number of pyridine rings is 2. The second-order valence-corrected chi connectivity index (χ2v) is 6.79. The summed E-state index contributed by atoms with van der Waals surface area (Å²) in [5.41, 5.74) is 2.26. The van der Waals surface area contributed by atoms with Crippen molar-refractivity contribution in [2.45, 2.75) is 6.92 Å². The number of aromatic nitrogens is 3. The predicted octanol–water partition coefficient (Wildman–Crippen LogP) is 4.04. The van der Waals surface area contributed by atoms with E-state index < -0.39 is 18.5 Å². The third-order valence-corrected chi connectivity index (χ3v) is 4.46. The normalized spacial score (nSPS) is 10.7. The summed E-state index contributed by atoms with van der Waals surface area (Å²) in [6, 6.07) is 14.1. The lowest BCUT2D eigenvalue weighted by Gasteiger charge is -2.08. The topological polar surface area (TPSA) is 107 Å². The molecule has 30 heavy (non-hydrogen) atoms. The molecule has 0 aliphatic heterocycles. The van der Waals surface area contributed by atoms with Gasteiger partial charge in [-0.05, 0) is 25.1 Å². The van der Waals surface area contributed by atoms with Gasteiger partial charge in [0.25, 0.3) is 11.6 Å². The number of rotatable bonds is 5. The maximum Gasteiger partial charge on any atom is 0.339 e. The van der Waals surface area contributed by atoms with E-state index in [0.717, 1.165) is 5.56 Å². The fraction of sp³-hybridized carbons (Fsp3) is 0.0952. The first kappa shape index (κ1) is 19.5. The first-order valence-electron chi connectivity index (χ1n) is 8.92. The van der Waals surface area contributed by atoms with Gasteiger partial charge in [0, 0.05) is 11.8 Å². The van der Waals surface area contributed by atoms with E-state index in [0.29, 0.717) is 27.6 Å². The Kier molecular flexibility index (Phi) is 5.40. The zero-order chi connectivity index (χ0) is 21.1. The molecule has 4 rings (SSSR count). The summed E-state index contributed by atoms with van der Waals surface area (Å²) in [6.45, 7) is 1.21. The van der Waals surface area contributed by atoms with E-state index in [1.54, 1.807) is 25.1 Å². The van der Waals surface area contributed by atoms with Crippen molar-refractivity contribution in [3.63, 3.8) is 0 Å². The monoisotopic (exact) mass is 422 g/mol. The van der Waals surface area contributed by atoms with Crippen molar-refractivity contribution in [2.75, 3.05) is 11.9 Å². The van der Waals surface area contributed by atoms with Crippen LogP contribution in [0.3, 0.4) is 0 Å². The molecule has 4 aromatic rings. The molecule has 0 radical (unpaired) electrons. The van der Waals surface area contributed by atoms with Gasteiger partial charge in [-0.25, -0.2) is 14.8 Å². The number of anilines is 1. The number of hydrogen-bond donors (Lipinski definition) is 1. The van der Waals surface area contributed by atoms with Crippen LogP contribution in [0, 0.1) is 6.92 Å². The summed E-state index contributed by atoms with van der Waals surface area (Å²) >= 11 is 5.76. The molecule has 0 unspecified atom stereocenters. The lowest BCUT2D eigenvalue weighted by Crippen LogP contribution is -2.21. The Morgan fingerprint density at radius 3 is 2.70 bits per heavy atom. The quantitative estimate of drug-likeness (QED) is 0.483. The van der Waals surface area contributed by atoms with Crippen molar-refractivity contribution < 1.29 is 18.8 Å². The summed E-state index contributed by atoms with van der Waals surface area (Å²) < 4.78 is 10.5. The maximum atomic E-state index is 12.8. The predicted molar refractivity (Wildman–Crippen MR) is 110 cm³/mol. The van der Waals surface area contributed by atoms with Crippen LogP contribution < -0.4 is 5.32 Å². The Morgan fingerprint density at radius 1 is 1.17 bits per heavy atom. The maximum absolute atomic E-state index is 12.8. The van der Waals surface area contributed by atoms with Crippen molar-refractivity contribution in [1.29, 1.82) is 0 Å². The number of carbonyl (C=O) groups excluding carboxylic acids is 2. The number of nitrogens with one attached hydrogen (secondary N) is 1. The molecule has 0 saturated heterocycles. The summed E-state index contributed by atoms with van der Waals surface area (Å²) in [7, 11) is 0. The Morgan fingerprint density at radius 2 is 1.97 bits per heavy atom. The number of benzene rings is 1. The second kappa shape index (κ2) is 8.30. The molecule has 9 heteroatoms. The SMILES string of the molecule is Cc1noc2nc(-c3ccccc3)cc(C(=O)OCC(=O)Nc3ccc(Cl)cn3)c12. The number of hydrogen-bond acceptors (Lipinski definition) is 7. The highest BCUT2D eigenvalue weighted by atomic mass is 35.5. The van der Waals surface area contributed by atoms with Gasteiger partial charge in [-0.15, -0.1) is 0 Å². The minimum Gasteiger partial charge on any atom is -0.452 e. The molecule has 3 heterocycles. The molecule has 0 bridgehead atoms. The standard InChI is InChI=1S/C21H15ClN4O4/c1-12-19-15(9-16(24-20(19)30-26-12)13-5-3-2-4-6-13)21(28)29-11-18(27)25-17-8-7-14(22)10-23-17/h2-10H,11H2,1H3,(H,23,25,27). The molecule has 0 saturated carbocycles. The van der Waals surface area contributed by atoms with Gasteiger partial charge in [-0.1, -0.05) is 47.1 Å². The summed E-state index contributed by atoms with van der Waals surface area (Å²) in [5, 5.41) is 7.30. The molecule has 150 valence electrons. The van der Waals surface area contributed by atoms with E-state index >= 15 is 0 Å². The van der Waals surface area contributed by atoms with E-state index in [1.165, 1.54) is 6.20 Å². The highest BCUT2D eigenvalue weighted by Gasteiger charge is 2.21. The van der Waals surface area contributed by atoms with Crippen LogP contribution in [0.15, 0.2) is 59.3 Å². The second-order valence-electron chi connectivity index (χ2n) is 6.36. The van der Waals surface area contributed by atoms with Crippen molar-refractivity contribution in [3.8, 4) is 11.3 Å². The zero-order valence-electron chi connectivity index (χ0n) is 15.8. The third-order valence-electron chi connectivity index (χ3n) is 4.24. The molecule has 1 aromatic carbocycles. The summed E-state index contributed by atoms with van der Waals surface area (Å²) in [6.07, 6.45) is 1.40. The third kappa shape index (κ3) is 4.13. The van der Waals surface area contributed by atoms with Gasteiger partial charge < -0.3 is 14.6 Å². The number of amides is 1. The number of ether oxygens (including phenoxy) is 1. The average Bonchev–Trinajstić information content (AvgIpc) is 3.14. The highest BCUT2D eigenvalue weighted by Crippen LogP contribution is 2.27. The molecule has 0 aliphatic carbocycles. The molecule has 0 fully saturated rings. The van der Waals surface area contributed by atoms with Crippen molar-refractivity contribution in [3.05, 3.63) is 71.0 Å². The fourth-order valence-electron chi connectivity index (χ4n) is 2.85. The smallest absolute Gasteiger partial charge is 0.339 e. The Balaban J connectivity index is 1.55. The van der Waals surface area contributed by atoms with Gasteiger partial charge in [0.05, 0.1) is 27.4 Å². The molecule has 1 amide bonds. The minimum absolute atomic E-state index is 0.218. The van der Waals surface area contributed by atoms with Crippen LogP contribution >= 0.6 is 11.6 Å². The van der Waals surface area contributed by atoms with Crippen LogP contribution in [-0.2, 0) is 9.53 Å². The molecule has 3 aromatic heterocycles. The Labute approximate surface area is 175 Å². The molecule has 1 N–H and O–H groups in total. The largest absolute Gasteiger partial charge is 0.452 e. The number of halogens is 1. The summed E-state index contributed by atoms with van der Waals surface area (Å²) in [5.74, 6) is -0.924. The van der Waals surface area contributed by atoms with Crippen molar-refractivity contribution in [1.82, 2.24) is 15.1 Å². The molecule has 8 nitrogen and oxygen atoms in total. The lowest BCUT2D eigenvalue weighted by atomic mass is 10.1. The molecule has 0 spiro atoms. The highest BCUT2D eigenvalue weighted by molar-refractivity contribution is 6.30. The zero-order valence-corrected chi connectivity index (χ0v) is 16.5. The van der Waals surface area contributed by atoms with Gasteiger partial charge in [0.2, 0.25) is 0 Å². The van der Waals surface area contributed by atoms with E-state index in [1.807, 2.05) is 30.3 Å². The number of fused-ring (bicyclic) bond motifs is 1. The fourth-order valence-corrected chi connectivity index (χ4v) is 2.96. The van der Waals surface area contributed by atoms with E-state index in [9.17, 15) is 9.59 Å². The Hall–Kier alpha value is -3.78. The molecular formula is C21H15ClN4O4. The van der Waals surface area contributed by atoms with Crippen LogP contribution in [0.5, 0.6) is 0 Å². The first-order chi connectivity index (χ1) is 14.5. The average molecular weight is 423 g/mol. The summed E-state index contributed by atoms with van der Waals surface area (Å²) in [4.78, 5) is 33.3. The van der Waals surface area contributed by atoms with Gasteiger partial charge in [0.1, 0.15) is 5.82 Å². The van der Waals surface area contributed by atoms with E-state index in [-0.39, 0.29) is 11.3 Å². The van der Waals surface area contributed by atoms with Crippen molar-refractivity contribution in [2.24, 2.45) is 0 Å². The molecular weight excluding hydrogens is 408 g/mol. The molecule has 0 aliphatic rings. The number of carbonyl (C=O) groups is 2. The van der Waals surface area contributed by atoms with Crippen LogP contribution in [-0.4, -0.2) is 33.6 Å². The van der Waals surface area contributed by atoms with Crippen LogP contribution in [0.25, 0.3) is 22.4 Å². The van der Waals surface area contributed by atoms with Gasteiger partial charge in [-0.3, -0.25) is 4.79 Å². The first-order valence-corrected chi connectivity index (χ1v) is 9.30. The van der Waals surface area contributed by atoms with Crippen LogP contribution in [0.2, 0.25) is 5.02 Å². The minimum atomic E-state index is -0.690.